The number of carbonyl (C=O) groups excluding carboxylic acids is 2. The van der Waals surface area contributed by atoms with E-state index < -0.39 is 90.6 Å². The van der Waals surface area contributed by atoms with Crippen molar-refractivity contribution in [2.24, 2.45) is 0 Å². The molecule has 2 nitrogen and oxygen atoms in total. The Balaban J connectivity index is 1.57. The first-order valence-corrected chi connectivity index (χ1v) is 11.6. The average Bonchev–Trinajstić information content (AvgIpc) is 3.50. The largest absolute Gasteiger partial charge is 0.287 e. The van der Waals surface area contributed by atoms with Crippen molar-refractivity contribution in [2.45, 2.75) is 0 Å². The molecule has 0 aliphatic carbocycles. The summed E-state index contributed by atoms with van der Waals surface area (Å²) in [5, 5.41) is 0.457. The molecule has 14 heteroatoms. The lowest BCUT2D eigenvalue weighted by Gasteiger charge is -2.06. The molecule has 3 aromatic carbocycles. The highest BCUT2D eigenvalue weighted by molar-refractivity contribution is 7.22. The van der Waals surface area contributed by atoms with Crippen LogP contribution in [0.1, 0.15) is 30.5 Å². The van der Waals surface area contributed by atoms with Gasteiger partial charge < -0.3 is 0 Å². The number of hydrogen-bond acceptors (Lipinski definition) is 4. The molecule has 0 saturated heterocycles. The second kappa shape index (κ2) is 8.91. The van der Waals surface area contributed by atoms with Crippen LogP contribution < -0.4 is 0 Å². The Morgan fingerprint density at radius 1 is 0.421 bits per heavy atom. The minimum atomic E-state index is -2.43. The van der Waals surface area contributed by atoms with E-state index in [2.05, 4.69) is 0 Å². The van der Waals surface area contributed by atoms with Crippen LogP contribution in [0.25, 0.3) is 20.2 Å². The quantitative estimate of drug-likeness (QED) is 0.0939. The summed E-state index contributed by atoms with van der Waals surface area (Å²) in [7, 11) is 0. The van der Waals surface area contributed by atoms with E-state index in [4.69, 9.17) is 0 Å². The first-order valence-electron chi connectivity index (χ1n) is 9.92. The number of thiophene rings is 2. The SMILES string of the molecule is O=C(c1cc2cc3sc(C(=O)c4c(F)c(F)c(F)c(F)c4F)cc3cc2s1)c1c(F)c(F)c(F)c(F)c1F. The van der Waals surface area contributed by atoms with Crippen molar-refractivity contribution < 1.29 is 53.5 Å². The van der Waals surface area contributed by atoms with E-state index in [0.717, 1.165) is 12.1 Å². The third-order valence-electron chi connectivity index (χ3n) is 5.48. The highest BCUT2D eigenvalue weighted by Gasteiger charge is 2.32. The molecule has 0 radical (unpaired) electrons. The molecule has 5 aromatic rings. The van der Waals surface area contributed by atoms with Crippen LogP contribution >= 0.6 is 22.7 Å². The van der Waals surface area contributed by atoms with E-state index >= 15 is 0 Å². The Morgan fingerprint density at radius 2 is 0.684 bits per heavy atom. The molecule has 2 aromatic heterocycles. The summed E-state index contributed by atoms with van der Waals surface area (Å²) in [6, 6.07) is 4.86. The van der Waals surface area contributed by atoms with E-state index in [1.54, 1.807) is 0 Å². The van der Waals surface area contributed by atoms with E-state index in [0.29, 0.717) is 22.7 Å². The van der Waals surface area contributed by atoms with E-state index in [9.17, 15) is 53.5 Å². The number of fused-ring (bicyclic) bond motifs is 2. The molecule has 0 spiro atoms. The second-order valence-electron chi connectivity index (χ2n) is 7.70. The number of carbonyl (C=O) groups is 2. The zero-order valence-corrected chi connectivity index (χ0v) is 19.4. The summed E-state index contributed by atoms with van der Waals surface area (Å²) >= 11 is 1.22. The first kappa shape index (κ1) is 25.9. The third-order valence-corrected chi connectivity index (χ3v) is 7.67. The van der Waals surface area contributed by atoms with Crippen molar-refractivity contribution in [3.05, 3.63) is 103 Å². The number of halogens is 10. The highest BCUT2D eigenvalue weighted by atomic mass is 32.1. The fraction of sp³-hybridized carbons (Fsp3) is 0. The van der Waals surface area contributed by atoms with Gasteiger partial charge in [-0.25, -0.2) is 43.9 Å². The van der Waals surface area contributed by atoms with Crippen LogP contribution in [0.4, 0.5) is 43.9 Å². The van der Waals surface area contributed by atoms with Gasteiger partial charge in [0.1, 0.15) is 11.1 Å². The molecular weight excluding hydrogens is 574 g/mol. The Labute approximate surface area is 211 Å². The minimum absolute atomic E-state index is 0.229. The van der Waals surface area contributed by atoms with Gasteiger partial charge >= 0.3 is 0 Å². The maximum Gasteiger partial charge on any atom is 0.209 e. The van der Waals surface area contributed by atoms with Gasteiger partial charge in [0.2, 0.25) is 23.2 Å². The van der Waals surface area contributed by atoms with Gasteiger partial charge in [0.15, 0.2) is 46.5 Å². The molecular formula is C24H4F10O2S2. The molecule has 0 fully saturated rings. The summed E-state index contributed by atoms with van der Waals surface area (Å²) in [4.78, 5) is 24.5. The maximum absolute atomic E-state index is 14.1. The van der Waals surface area contributed by atoms with Gasteiger partial charge in [-0.2, -0.15) is 0 Å². The van der Waals surface area contributed by atoms with Crippen LogP contribution in [-0.4, -0.2) is 11.6 Å². The topological polar surface area (TPSA) is 34.1 Å². The Kier molecular flexibility index (Phi) is 6.06. The van der Waals surface area contributed by atoms with Gasteiger partial charge in [0, 0.05) is 9.40 Å². The lowest BCUT2D eigenvalue weighted by molar-refractivity contribution is 0.102. The van der Waals surface area contributed by atoms with Crippen LogP contribution in [-0.2, 0) is 0 Å². The molecule has 194 valence electrons. The zero-order chi connectivity index (χ0) is 27.8. The molecule has 5 rings (SSSR count). The predicted octanol–water partition coefficient (Wildman–Crippen LogP) is 7.97. The van der Waals surface area contributed by atoms with Gasteiger partial charge in [-0.3, -0.25) is 9.59 Å². The molecule has 2 heterocycles. The van der Waals surface area contributed by atoms with Gasteiger partial charge in [-0.15, -0.1) is 22.7 Å². The molecule has 0 aliphatic rings. The molecule has 0 atom stereocenters. The summed E-state index contributed by atoms with van der Waals surface area (Å²) in [6.07, 6.45) is 0. The van der Waals surface area contributed by atoms with E-state index in [1.807, 2.05) is 0 Å². The van der Waals surface area contributed by atoms with Gasteiger partial charge in [0.05, 0.1) is 9.75 Å². The van der Waals surface area contributed by atoms with E-state index in [1.165, 1.54) is 12.1 Å². The van der Waals surface area contributed by atoms with Crippen LogP contribution in [0.2, 0.25) is 0 Å². The fourth-order valence-corrected chi connectivity index (χ4v) is 5.73. The number of rotatable bonds is 4. The lowest BCUT2D eigenvalue weighted by Crippen LogP contribution is -2.12. The predicted molar refractivity (Wildman–Crippen MR) is 117 cm³/mol. The average molecular weight is 578 g/mol. The fourth-order valence-electron chi connectivity index (χ4n) is 3.65. The number of benzene rings is 3. The maximum atomic E-state index is 14.1. The van der Waals surface area contributed by atoms with Crippen LogP contribution in [0, 0.1) is 58.2 Å². The molecule has 0 bridgehead atoms. The van der Waals surface area contributed by atoms with Gasteiger partial charge in [-0.05, 0) is 35.0 Å². The Bertz CT molecular complexity index is 1630. The summed E-state index contributed by atoms with van der Waals surface area (Å²) in [5.41, 5.74) is -3.30. The van der Waals surface area contributed by atoms with Crippen molar-refractivity contribution in [1.29, 1.82) is 0 Å². The standard InChI is InChI=1S/C24H4F10O2S2/c25-13-11(14(26)18(30)21(33)17(13)29)23(35)9-3-5-1-7-6(2-8(5)38-9)4-10(37-7)24(36)12-15(27)19(31)22(34)20(32)16(12)28/h1-4H. The van der Waals surface area contributed by atoms with Gasteiger partial charge in [-0.1, -0.05) is 0 Å². The smallest absolute Gasteiger partial charge is 0.209 e. The molecule has 0 aliphatic heterocycles. The summed E-state index contributed by atoms with van der Waals surface area (Å²) in [5.74, 6) is -26.2. The molecule has 0 amide bonds. The molecule has 0 saturated carbocycles. The van der Waals surface area contributed by atoms with Crippen LogP contribution in [0.3, 0.4) is 0 Å². The van der Waals surface area contributed by atoms with Crippen molar-refractivity contribution in [3.8, 4) is 0 Å². The number of hydrogen-bond donors (Lipinski definition) is 0. The molecule has 0 N–H and O–H groups in total. The third kappa shape index (κ3) is 3.69. The number of ketones is 2. The van der Waals surface area contributed by atoms with Crippen LogP contribution in [0.15, 0.2) is 24.3 Å². The zero-order valence-electron chi connectivity index (χ0n) is 17.7. The highest BCUT2D eigenvalue weighted by Crippen LogP contribution is 2.37. The normalized spacial score (nSPS) is 11.6. The summed E-state index contributed by atoms with van der Waals surface area (Å²) in [6.45, 7) is 0. The monoisotopic (exact) mass is 578 g/mol. The van der Waals surface area contributed by atoms with Gasteiger partial charge in [0.25, 0.3) is 0 Å². The summed E-state index contributed by atoms with van der Waals surface area (Å²) < 4.78 is 137. The van der Waals surface area contributed by atoms with Crippen LogP contribution in [0.5, 0.6) is 0 Å². The second-order valence-corrected chi connectivity index (χ2v) is 9.86. The minimum Gasteiger partial charge on any atom is -0.287 e. The lowest BCUT2D eigenvalue weighted by atomic mass is 10.1. The Hall–Kier alpha value is -3.78. The van der Waals surface area contributed by atoms with Crippen molar-refractivity contribution in [1.82, 2.24) is 0 Å². The Morgan fingerprint density at radius 3 is 0.974 bits per heavy atom. The molecule has 0 unspecified atom stereocenters. The first-order chi connectivity index (χ1) is 17.8. The molecule has 38 heavy (non-hydrogen) atoms. The van der Waals surface area contributed by atoms with Crippen molar-refractivity contribution >= 4 is 54.4 Å². The van der Waals surface area contributed by atoms with Crippen molar-refractivity contribution in [3.63, 3.8) is 0 Å². The van der Waals surface area contributed by atoms with Crippen molar-refractivity contribution in [2.75, 3.05) is 0 Å². The van der Waals surface area contributed by atoms with E-state index in [-0.39, 0.29) is 20.2 Å².